The molecular formula is C11H18O2. The van der Waals surface area contributed by atoms with Crippen molar-refractivity contribution in [1.29, 1.82) is 0 Å². The molecule has 0 saturated carbocycles. The summed E-state index contributed by atoms with van der Waals surface area (Å²) in [5.74, 6) is 5.82. The minimum absolute atomic E-state index is 0.173. The first-order valence-electron chi connectivity index (χ1n) is 4.71. The predicted octanol–water partition coefficient (Wildman–Crippen LogP) is 2.17. The van der Waals surface area contributed by atoms with E-state index in [0.29, 0.717) is 12.8 Å². The molecule has 0 aliphatic carbocycles. The van der Waals surface area contributed by atoms with Crippen LogP contribution < -0.4 is 0 Å². The van der Waals surface area contributed by atoms with Gasteiger partial charge in [-0.15, -0.1) is 11.8 Å². The Labute approximate surface area is 80.7 Å². The molecule has 2 nitrogen and oxygen atoms in total. The highest BCUT2D eigenvalue weighted by Gasteiger charge is 2.14. The molecule has 13 heavy (non-hydrogen) atoms. The zero-order valence-corrected chi connectivity index (χ0v) is 8.72. The summed E-state index contributed by atoms with van der Waals surface area (Å²) in [7, 11) is 1.59. The molecule has 0 N–H and O–H groups in total. The van der Waals surface area contributed by atoms with Crippen molar-refractivity contribution in [1.82, 2.24) is 0 Å². The fraction of sp³-hybridized carbons (Fsp3) is 0.727. The Morgan fingerprint density at radius 1 is 1.54 bits per heavy atom. The van der Waals surface area contributed by atoms with Crippen molar-refractivity contribution in [3.05, 3.63) is 0 Å². The Balaban J connectivity index is 3.81. The van der Waals surface area contributed by atoms with E-state index < -0.39 is 0 Å². The third kappa shape index (κ3) is 5.43. The number of ketones is 1. The average molecular weight is 182 g/mol. The van der Waals surface area contributed by atoms with Gasteiger partial charge in [-0.2, -0.15) is 0 Å². The van der Waals surface area contributed by atoms with Gasteiger partial charge in [-0.1, -0.05) is 13.3 Å². The SMILES string of the molecule is CC#CCCC(=O)C(CCC)OC. The minimum Gasteiger partial charge on any atom is -0.374 e. The van der Waals surface area contributed by atoms with E-state index in [2.05, 4.69) is 11.8 Å². The second kappa shape index (κ2) is 7.82. The molecule has 0 heterocycles. The monoisotopic (exact) mass is 182 g/mol. The Hall–Kier alpha value is -0.810. The van der Waals surface area contributed by atoms with Gasteiger partial charge in [0.05, 0.1) is 0 Å². The summed E-state index contributed by atoms with van der Waals surface area (Å²) in [5, 5.41) is 0. The van der Waals surface area contributed by atoms with Gasteiger partial charge in [-0.3, -0.25) is 4.79 Å². The van der Waals surface area contributed by atoms with E-state index in [1.165, 1.54) is 0 Å². The second-order valence-electron chi connectivity index (χ2n) is 2.91. The number of hydrogen-bond donors (Lipinski definition) is 0. The van der Waals surface area contributed by atoms with E-state index in [1.807, 2.05) is 6.92 Å². The molecule has 0 radical (unpaired) electrons. The predicted molar refractivity (Wildman–Crippen MR) is 53.4 cm³/mol. The summed E-state index contributed by atoms with van der Waals surface area (Å²) in [4.78, 5) is 11.4. The van der Waals surface area contributed by atoms with E-state index in [4.69, 9.17) is 4.74 Å². The van der Waals surface area contributed by atoms with Crippen LogP contribution in [0.2, 0.25) is 0 Å². The lowest BCUT2D eigenvalue weighted by Crippen LogP contribution is -2.22. The van der Waals surface area contributed by atoms with Crippen LogP contribution in [0.15, 0.2) is 0 Å². The number of carbonyl (C=O) groups excluding carboxylic acids is 1. The standard InChI is InChI=1S/C11H18O2/c1-4-6-7-9-10(12)11(13-3)8-5-2/h11H,5,7-9H2,1-3H3. The molecule has 1 unspecified atom stereocenters. The topological polar surface area (TPSA) is 26.3 Å². The van der Waals surface area contributed by atoms with Crippen LogP contribution in [0.5, 0.6) is 0 Å². The first-order chi connectivity index (χ1) is 6.26. The van der Waals surface area contributed by atoms with Crippen molar-refractivity contribution in [2.45, 2.75) is 45.6 Å². The number of methoxy groups -OCH3 is 1. The summed E-state index contributed by atoms with van der Waals surface area (Å²) in [6.45, 7) is 3.83. The van der Waals surface area contributed by atoms with E-state index in [0.717, 1.165) is 12.8 Å². The lowest BCUT2D eigenvalue weighted by Gasteiger charge is -2.11. The number of Topliss-reactive ketones (excluding diaryl/α,β-unsaturated/α-hetero) is 1. The molecular weight excluding hydrogens is 164 g/mol. The van der Waals surface area contributed by atoms with Crippen LogP contribution in [-0.4, -0.2) is 19.0 Å². The molecule has 1 atom stereocenters. The number of rotatable bonds is 6. The fourth-order valence-electron chi connectivity index (χ4n) is 1.14. The number of hydrogen-bond acceptors (Lipinski definition) is 2. The van der Waals surface area contributed by atoms with Crippen molar-refractivity contribution in [2.24, 2.45) is 0 Å². The van der Waals surface area contributed by atoms with Crippen LogP contribution in [0.4, 0.5) is 0 Å². The Kier molecular flexibility index (Phi) is 7.33. The zero-order chi connectivity index (χ0) is 10.1. The van der Waals surface area contributed by atoms with Gasteiger partial charge in [-0.05, 0) is 13.3 Å². The summed E-state index contributed by atoms with van der Waals surface area (Å²) < 4.78 is 5.09. The number of ether oxygens (including phenoxy) is 1. The lowest BCUT2D eigenvalue weighted by molar-refractivity contribution is -0.129. The van der Waals surface area contributed by atoms with E-state index in [1.54, 1.807) is 14.0 Å². The average Bonchev–Trinajstić information content (AvgIpc) is 2.14. The second-order valence-corrected chi connectivity index (χ2v) is 2.91. The van der Waals surface area contributed by atoms with Crippen LogP contribution in [0.3, 0.4) is 0 Å². The smallest absolute Gasteiger partial charge is 0.162 e. The van der Waals surface area contributed by atoms with Crippen molar-refractivity contribution in [3.63, 3.8) is 0 Å². The molecule has 0 fully saturated rings. The molecule has 0 aliphatic heterocycles. The van der Waals surface area contributed by atoms with Gasteiger partial charge in [-0.25, -0.2) is 0 Å². The lowest BCUT2D eigenvalue weighted by atomic mass is 10.1. The Morgan fingerprint density at radius 2 is 2.23 bits per heavy atom. The van der Waals surface area contributed by atoms with Crippen LogP contribution >= 0.6 is 0 Å². The zero-order valence-electron chi connectivity index (χ0n) is 8.72. The van der Waals surface area contributed by atoms with Crippen LogP contribution in [0, 0.1) is 11.8 Å². The van der Waals surface area contributed by atoms with Crippen molar-refractivity contribution in [2.75, 3.05) is 7.11 Å². The molecule has 74 valence electrons. The Morgan fingerprint density at radius 3 is 2.69 bits per heavy atom. The van der Waals surface area contributed by atoms with Gasteiger partial charge in [0.2, 0.25) is 0 Å². The summed E-state index contributed by atoms with van der Waals surface area (Å²) in [5.41, 5.74) is 0. The third-order valence-corrected chi connectivity index (χ3v) is 1.87. The summed E-state index contributed by atoms with van der Waals surface area (Å²) in [6.07, 6.45) is 2.74. The first kappa shape index (κ1) is 12.2. The molecule has 0 aromatic rings. The summed E-state index contributed by atoms with van der Waals surface area (Å²) >= 11 is 0. The molecule has 0 rings (SSSR count). The normalized spacial score (nSPS) is 11.6. The van der Waals surface area contributed by atoms with Crippen LogP contribution in [-0.2, 0) is 9.53 Å². The maximum absolute atomic E-state index is 11.4. The Bertz CT molecular complexity index is 198. The van der Waals surface area contributed by atoms with Crippen molar-refractivity contribution in [3.8, 4) is 11.8 Å². The first-order valence-corrected chi connectivity index (χ1v) is 4.71. The molecule has 2 heteroatoms. The van der Waals surface area contributed by atoms with Gasteiger partial charge in [0.15, 0.2) is 5.78 Å². The maximum Gasteiger partial charge on any atom is 0.162 e. The van der Waals surface area contributed by atoms with Gasteiger partial charge in [0.25, 0.3) is 0 Å². The van der Waals surface area contributed by atoms with Gasteiger partial charge in [0.1, 0.15) is 6.10 Å². The molecule has 0 saturated heterocycles. The van der Waals surface area contributed by atoms with Gasteiger partial charge in [0, 0.05) is 20.0 Å². The molecule has 0 aliphatic rings. The van der Waals surface area contributed by atoms with Crippen molar-refractivity contribution >= 4 is 5.78 Å². The van der Waals surface area contributed by atoms with Gasteiger partial charge >= 0.3 is 0 Å². The third-order valence-electron chi connectivity index (χ3n) is 1.87. The minimum atomic E-state index is -0.219. The quantitative estimate of drug-likeness (QED) is 0.588. The highest BCUT2D eigenvalue weighted by Crippen LogP contribution is 2.05. The summed E-state index contributed by atoms with van der Waals surface area (Å²) in [6, 6.07) is 0. The highest BCUT2D eigenvalue weighted by molar-refractivity contribution is 5.83. The van der Waals surface area contributed by atoms with E-state index in [-0.39, 0.29) is 11.9 Å². The largest absolute Gasteiger partial charge is 0.374 e. The molecule has 0 aromatic heterocycles. The van der Waals surface area contributed by atoms with Crippen molar-refractivity contribution < 1.29 is 9.53 Å². The maximum atomic E-state index is 11.4. The molecule has 0 spiro atoms. The van der Waals surface area contributed by atoms with Crippen LogP contribution in [0.25, 0.3) is 0 Å². The van der Waals surface area contributed by atoms with E-state index >= 15 is 0 Å². The molecule has 0 amide bonds. The number of carbonyl (C=O) groups is 1. The van der Waals surface area contributed by atoms with E-state index in [9.17, 15) is 4.79 Å². The highest BCUT2D eigenvalue weighted by atomic mass is 16.5. The molecule has 0 bridgehead atoms. The van der Waals surface area contributed by atoms with Gasteiger partial charge < -0.3 is 4.74 Å². The fourth-order valence-corrected chi connectivity index (χ4v) is 1.14. The molecule has 0 aromatic carbocycles. The van der Waals surface area contributed by atoms with Crippen LogP contribution in [0.1, 0.15) is 39.5 Å².